The van der Waals surface area contributed by atoms with Crippen LogP contribution in [0.2, 0.25) is 0 Å². The van der Waals surface area contributed by atoms with Crippen LogP contribution in [0.1, 0.15) is 30.2 Å². The fourth-order valence-electron chi connectivity index (χ4n) is 4.60. The number of aliphatic carboxylic acids is 1. The molecule has 0 spiro atoms. The molecular formula is C22H22N9O7S2+. The van der Waals surface area contributed by atoms with E-state index in [1.165, 1.54) is 41.9 Å². The van der Waals surface area contributed by atoms with Crippen molar-refractivity contribution < 1.29 is 38.8 Å². The summed E-state index contributed by atoms with van der Waals surface area (Å²) in [5.41, 5.74) is 4.30. The molecule has 0 bridgehead atoms. The Labute approximate surface area is 233 Å². The summed E-state index contributed by atoms with van der Waals surface area (Å²) in [6.45, 7) is 3.17. The first-order valence-electron chi connectivity index (χ1n) is 11.5. The van der Waals surface area contributed by atoms with E-state index in [0.717, 1.165) is 16.2 Å². The van der Waals surface area contributed by atoms with Gasteiger partial charge in [-0.15, -0.1) is 27.6 Å². The Morgan fingerprint density at radius 3 is 2.65 bits per heavy atom. The van der Waals surface area contributed by atoms with E-state index in [0.29, 0.717) is 5.57 Å². The third-order valence-electron chi connectivity index (χ3n) is 6.72. The van der Waals surface area contributed by atoms with Gasteiger partial charge < -0.3 is 26.1 Å². The second-order valence-electron chi connectivity index (χ2n) is 9.05. The number of aromatic carboxylic acids is 1. The van der Waals surface area contributed by atoms with Crippen LogP contribution in [0.3, 0.4) is 0 Å². The smallest absolute Gasteiger partial charge is 0.425 e. The average Bonchev–Trinajstić information content (AvgIpc) is 3.54. The van der Waals surface area contributed by atoms with Gasteiger partial charge in [0, 0.05) is 22.8 Å². The van der Waals surface area contributed by atoms with Crippen LogP contribution in [0.15, 0.2) is 40.3 Å². The Morgan fingerprint density at radius 2 is 2.02 bits per heavy atom. The number of carbonyl (C=O) groups is 4. The summed E-state index contributed by atoms with van der Waals surface area (Å²) in [5, 5.41) is 31.5. The largest absolute Gasteiger partial charge is 0.477 e. The molecule has 0 aliphatic carbocycles. The molecule has 1 fully saturated rings. The Kier molecular flexibility index (Phi) is 6.45. The number of aromatic nitrogens is 5. The van der Waals surface area contributed by atoms with E-state index in [-0.39, 0.29) is 40.3 Å². The zero-order chi connectivity index (χ0) is 29.0. The lowest BCUT2D eigenvalue weighted by Gasteiger charge is -2.63. The van der Waals surface area contributed by atoms with Gasteiger partial charge in [-0.05, 0) is 18.8 Å². The minimum absolute atomic E-state index is 0.00441. The van der Waals surface area contributed by atoms with Crippen molar-refractivity contribution in [2.45, 2.75) is 30.8 Å². The minimum atomic E-state index is -1.51. The first kappa shape index (κ1) is 27.0. The van der Waals surface area contributed by atoms with Gasteiger partial charge in [-0.3, -0.25) is 14.5 Å². The number of rotatable bonds is 8. The van der Waals surface area contributed by atoms with Crippen molar-refractivity contribution in [1.82, 2.24) is 29.8 Å². The number of carboxylic acids is 2. The fraction of sp³-hybridized carbons (Fsp3) is 0.318. The minimum Gasteiger partial charge on any atom is -0.477 e. The Hall–Kier alpha value is -4.58. The molecule has 18 heteroatoms. The van der Waals surface area contributed by atoms with Gasteiger partial charge in [-0.2, -0.15) is 0 Å². The summed E-state index contributed by atoms with van der Waals surface area (Å²) in [4.78, 5) is 63.5. The van der Waals surface area contributed by atoms with Gasteiger partial charge in [0.15, 0.2) is 10.8 Å². The molecule has 16 nitrogen and oxygen atoms in total. The number of amides is 2. The van der Waals surface area contributed by atoms with Gasteiger partial charge in [0.1, 0.15) is 28.9 Å². The Balaban J connectivity index is 1.47. The van der Waals surface area contributed by atoms with Crippen molar-refractivity contribution in [3.63, 3.8) is 0 Å². The highest BCUT2D eigenvalue weighted by atomic mass is 32.2. The highest BCUT2D eigenvalue weighted by molar-refractivity contribution is 8.01. The lowest BCUT2D eigenvalue weighted by Crippen LogP contribution is -2.85. The number of carbonyl (C=O) groups excluding carboxylic acids is 2. The fourth-order valence-corrected chi connectivity index (χ4v) is 6.56. The van der Waals surface area contributed by atoms with Crippen molar-refractivity contribution in [2.24, 2.45) is 5.16 Å². The van der Waals surface area contributed by atoms with Gasteiger partial charge >= 0.3 is 23.5 Å². The van der Waals surface area contributed by atoms with Crippen LogP contribution >= 0.6 is 23.1 Å². The van der Waals surface area contributed by atoms with Crippen molar-refractivity contribution in [1.29, 1.82) is 0 Å². The molecule has 5 N–H and O–H groups in total. The van der Waals surface area contributed by atoms with Crippen LogP contribution in [-0.4, -0.2) is 87.4 Å². The van der Waals surface area contributed by atoms with Crippen LogP contribution < -0.4 is 15.6 Å². The summed E-state index contributed by atoms with van der Waals surface area (Å²) < 4.78 is 2.81. The summed E-state index contributed by atoms with van der Waals surface area (Å²) in [7, 11) is 1.26. The second kappa shape index (κ2) is 9.56. The van der Waals surface area contributed by atoms with Gasteiger partial charge in [-0.25, -0.2) is 19.1 Å². The molecule has 5 heterocycles. The number of hydrogen-bond acceptors (Lipinski definition) is 12. The van der Waals surface area contributed by atoms with E-state index >= 15 is 0 Å². The maximum absolute atomic E-state index is 13.6. The molecule has 2 aliphatic rings. The number of thioether (sulfide) groups is 1. The van der Waals surface area contributed by atoms with E-state index in [1.807, 2.05) is 0 Å². The normalized spacial score (nSPS) is 22.6. The molecule has 2 aliphatic heterocycles. The van der Waals surface area contributed by atoms with Crippen LogP contribution in [0, 0.1) is 0 Å². The van der Waals surface area contributed by atoms with Crippen molar-refractivity contribution in [3.05, 3.63) is 46.6 Å². The van der Waals surface area contributed by atoms with E-state index in [1.54, 1.807) is 23.8 Å². The number of oxime groups is 1. The molecule has 0 radical (unpaired) electrons. The number of fused-ring (bicyclic) bond motifs is 2. The molecular weight excluding hydrogens is 566 g/mol. The summed E-state index contributed by atoms with van der Waals surface area (Å²) in [6.07, 6.45) is 3.11. The SMILES string of the molecule is CO/N=C(\C(=O)N[C@]1(C)C(=O)N2C(C(=O)O)=C(C[n+]3cccn4nc(C(=O)O)nc43)CS[C@@]21C)c1csc(N)n1. The summed E-state index contributed by atoms with van der Waals surface area (Å²) in [6, 6.07) is 1.60. The van der Waals surface area contributed by atoms with Crippen molar-refractivity contribution >= 4 is 63.5 Å². The Morgan fingerprint density at radius 1 is 1.27 bits per heavy atom. The van der Waals surface area contributed by atoms with Crippen LogP contribution in [-0.2, 0) is 25.8 Å². The van der Waals surface area contributed by atoms with Crippen LogP contribution in [0.25, 0.3) is 5.78 Å². The highest BCUT2D eigenvalue weighted by Gasteiger charge is 2.70. The molecule has 2 atom stereocenters. The zero-order valence-electron chi connectivity index (χ0n) is 21.2. The first-order chi connectivity index (χ1) is 18.9. The Bertz CT molecular complexity index is 1660. The number of nitrogens with zero attached hydrogens (tertiary/aromatic N) is 7. The highest BCUT2D eigenvalue weighted by Crippen LogP contribution is 2.54. The third-order valence-corrected chi connectivity index (χ3v) is 9.04. The van der Waals surface area contributed by atoms with E-state index in [2.05, 4.69) is 25.5 Å². The lowest BCUT2D eigenvalue weighted by molar-refractivity contribution is -0.668. The average molecular weight is 589 g/mol. The number of thiazole rings is 1. The zero-order valence-corrected chi connectivity index (χ0v) is 22.8. The number of nitrogen functional groups attached to an aromatic ring is 1. The van der Waals surface area contributed by atoms with Crippen LogP contribution in [0.5, 0.6) is 0 Å². The predicted molar refractivity (Wildman–Crippen MR) is 139 cm³/mol. The van der Waals surface area contributed by atoms with E-state index in [4.69, 9.17) is 10.6 Å². The standard InChI is InChI=1S/C22H21N9O7S2/c1-21(26-15(32)12(28-38-3)11-9-39-19(23)24-11)18(37)31-13(16(33)34)10(8-40-22(21,31)2)7-29-5-4-6-30-20(29)25-14(27-30)17(35)36/h4-6,9H,7-8H2,1-3H3,(H4-,23,24,26,32,33,34,35,36)/p+1/b28-12-/t21-,22-/m1/s1. The maximum atomic E-state index is 13.6. The molecule has 0 aromatic carbocycles. The molecule has 40 heavy (non-hydrogen) atoms. The second-order valence-corrected chi connectivity index (χ2v) is 11.3. The number of anilines is 1. The predicted octanol–water partition coefficient (Wildman–Crippen LogP) is -0.677. The maximum Gasteiger partial charge on any atom is 0.425 e. The van der Waals surface area contributed by atoms with Crippen LogP contribution in [0.4, 0.5) is 5.13 Å². The molecule has 2 amide bonds. The molecule has 3 aromatic rings. The van der Waals surface area contributed by atoms with Gasteiger partial charge in [0.05, 0.1) is 18.9 Å². The van der Waals surface area contributed by atoms with Gasteiger partial charge in [0.2, 0.25) is 0 Å². The van der Waals surface area contributed by atoms with Crippen molar-refractivity contribution in [3.8, 4) is 0 Å². The van der Waals surface area contributed by atoms with Crippen molar-refractivity contribution in [2.75, 3.05) is 18.6 Å². The van der Waals surface area contributed by atoms with Gasteiger partial charge in [0.25, 0.3) is 11.8 Å². The molecule has 0 saturated carbocycles. The lowest BCUT2D eigenvalue weighted by atomic mass is 9.78. The third kappa shape index (κ3) is 4.02. The molecule has 3 aromatic heterocycles. The molecule has 5 rings (SSSR count). The topological polar surface area (TPSA) is 219 Å². The number of hydrogen-bond donors (Lipinski definition) is 4. The summed E-state index contributed by atoms with van der Waals surface area (Å²) in [5.74, 6) is -4.09. The number of nitrogens with two attached hydrogens (primary N) is 1. The monoisotopic (exact) mass is 588 g/mol. The van der Waals surface area contributed by atoms with Gasteiger partial charge in [-0.1, -0.05) is 10.3 Å². The number of carboxylic acid groups (broad SMARTS) is 2. The molecule has 0 unspecified atom stereocenters. The van der Waals surface area contributed by atoms with E-state index < -0.39 is 40.0 Å². The summed E-state index contributed by atoms with van der Waals surface area (Å²) >= 11 is 2.37. The molecule has 208 valence electrons. The molecule has 1 saturated heterocycles. The quantitative estimate of drug-likeness (QED) is 0.111. The van der Waals surface area contributed by atoms with E-state index in [9.17, 15) is 29.4 Å². The number of β-lactam (4-membered cyclic amide) rings is 1. The number of nitrogens with one attached hydrogen (secondary N) is 1. The first-order valence-corrected chi connectivity index (χ1v) is 13.3.